The van der Waals surface area contributed by atoms with Crippen LogP contribution in [0.25, 0.3) is 0 Å². The smallest absolute Gasteiger partial charge is 0.0948 e. The van der Waals surface area contributed by atoms with E-state index in [0.717, 1.165) is 45.6 Å². The van der Waals surface area contributed by atoms with Crippen LogP contribution >= 0.6 is 0 Å². The van der Waals surface area contributed by atoms with Crippen LogP contribution in [0.5, 0.6) is 0 Å². The van der Waals surface area contributed by atoms with Crippen LogP contribution in [-0.4, -0.2) is 63.8 Å². The van der Waals surface area contributed by atoms with Gasteiger partial charge in [-0.05, 0) is 39.4 Å². The van der Waals surface area contributed by atoms with E-state index in [9.17, 15) is 5.11 Å². The first-order chi connectivity index (χ1) is 9.88. The Morgan fingerprint density at radius 3 is 2.86 bits per heavy atom. The summed E-state index contributed by atoms with van der Waals surface area (Å²) < 4.78 is 2.24. The summed E-state index contributed by atoms with van der Waals surface area (Å²) in [5.74, 6) is 0.616. The molecule has 0 unspecified atom stereocenters. The highest BCUT2D eigenvalue weighted by atomic mass is 16.3. The van der Waals surface area contributed by atoms with Gasteiger partial charge in [0.05, 0.1) is 17.6 Å². The zero-order chi connectivity index (χ0) is 15.5. The van der Waals surface area contributed by atoms with E-state index in [1.807, 2.05) is 26.6 Å². The zero-order valence-corrected chi connectivity index (χ0v) is 13.9. The molecule has 0 spiro atoms. The van der Waals surface area contributed by atoms with Crippen LogP contribution in [-0.2, 0) is 13.1 Å². The average Bonchev–Trinajstić information content (AvgIpc) is 2.74. The van der Waals surface area contributed by atoms with Gasteiger partial charge >= 0.3 is 0 Å². The van der Waals surface area contributed by atoms with Crippen LogP contribution in [0.4, 0.5) is 0 Å². The van der Waals surface area contributed by atoms with E-state index < -0.39 is 5.60 Å². The molecule has 120 valence electrons. The van der Waals surface area contributed by atoms with E-state index in [1.54, 1.807) is 0 Å². The van der Waals surface area contributed by atoms with Gasteiger partial charge in [-0.2, -0.15) is 0 Å². The van der Waals surface area contributed by atoms with Crippen LogP contribution in [0.2, 0.25) is 0 Å². The van der Waals surface area contributed by atoms with Crippen molar-refractivity contribution >= 4 is 0 Å². The highest BCUT2D eigenvalue weighted by Crippen LogP contribution is 2.23. The van der Waals surface area contributed by atoms with Crippen molar-refractivity contribution in [2.45, 2.75) is 45.4 Å². The van der Waals surface area contributed by atoms with E-state index >= 15 is 0 Å². The van der Waals surface area contributed by atoms with Gasteiger partial charge in [-0.1, -0.05) is 13.8 Å². The summed E-state index contributed by atoms with van der Waals surface area (Å²) in [6, 6.07) is 0. The molecule has 21 heavy (non-hydrogen) atoms. The highest BCUT2D eigenvalue weighted by molar-refractivity contribution is 5.00. The predicted octanol–water partition coefficient (Wildman–Crippen LogP) is 1.43. The summed E-state index contributed by atoms with van der Waals surface area (Å²) in [4.78, 5) is 8.73. The van der Waals surface area contributed by atoms with Gasteiger partial charge in [0.1, 0.15) is 0 Å². The third-order valence-electron chi connectivity index (χ3n) is 3.99. The molecule has 1 aliphatic heterocycles. The molecule has 1 aromatic heterocycles. The monoisotopic (exact) mass is 294 g/mol. The van der Waals surface area contributed by atoms with Crippen LogP contribution in [0, 0.1) is 5.92 Å². The van der Waals surface area contributed by atoms with Gasteiger partial charge in [-0.15, -0.1) is 0 Å². The van der Waals surface area contributed by atoms with Crippen LogP contribution < -0.4 is 0 Å². The predicted molar refractivity (Wildman–Crippen MR) is 85.1 cm³/mol. The molecule has 0 saturated carbocycles. The maximum atomic E-state index is 10.7. The summed E-state index contributed by atoms with van der Waals surface area (Å²) >= 11 is 0. The van der Waals surface area contributed by atoms with Crippen molar-refractivity contribution in [3.8, 4) is 0 Å². The van der Waals surface area contributed by atoms with Crippen molar-refractivity contribution in [2.24, 2.45) is 5.92 Å². The molecular formula is C16H30N4O. The number of piperidine rings is 1. The molecule has 0 bridgehead atoms. The molecule has 1 N–H and O–H groups in total. The lowest BCUT2D eigenvalue weighted by molar-refractivity contribution is -0.0484. The molecular weight excluding hydrogens is 264 g/mol. The summed E-state index contributed by atoms with van der Waals surface area (Å²) in [6.45, 7) is 8.87. The molecule has 2 heterocycles. The minimum atomic E-state index is -0.579. The van der Waals surface area contributed by atoms with Crippen LogP contribution in [0.1, 0.15) is 32.4 Å². The van der Waals surface area contributed by atoms with E-state index in [2.05, 4.69) is 33.2 Å². The molecule has 5 heteroatoms. The fourth-order valence-corrected chi connectivity index (χ4v) is 3.33. The SMILES string of the molecule is CC(C)Cn1cncc1CN1CCC[C@](O)(CN(C)C)C1. The number of rotatable bonds is 6. The first kappa shape index (κ1) is 16.5. The normalized spacial score (nSPS) is 24.1. The van der Waals surface area contributed by atoms with Gasteiger partial charge in [-0.25, -0.2) is 4.98 Å². The lowest BCUT2D eigenvalue weighted by atomic mass is 9.92. The molecule has 0 aliphatic carbocycles. The second kappa shape index (κ2) is 6.90. The standard InChI is InChI=1S/C16H30N4O/c1-14(2)9-20-13-17-8-15(20)10-19-7-5-6-16(21,12-19)11-18(3)4/h8,13-14,21H,5-7,9-12H2,1-4H3/t16-/m0/s1. The van der Waals surface area contributed by atoms with Crippen molar-refractivity contribution in [1.82, 2.24) is 19.4 Å². The highest BCUT2D eigenvalue weighted by Gasteiger charge is 2.33. The van der Waals surface area contributed by atoms with Gasteiger partial charge in [0, 0.05) is 32.4 Å². The molecule has 1 atom stereocenters. The number of likely N-dealkylation sites (N-methyl/N-ethyl adjacent to an activating group) is 1. The number of hydrogen-bond donors (Lipinski definition) is 1. The summed E-state index contributed by atoms with van der Waals surface area (Å²) in [5, 5.41) is 10.7. The van der Waals surface area contributed by atoms with E-state index in [4.69, 9.17) is 0 Å². The minimum Gasteiger partial charge on any atom is -0.387 e. The van der Waals surface area contributed by atoms with E-state index in [-0.39, 0.29) is 0 Å². The Morgan fingerprint density at radius 2 is 2.19 bits per heavy atom. The quantitative estimate of drug-likeness (QED) is 0.862. The average molecular weight is 294 g/mol. The maximum Gasteiger partial charge on any atom is 0.0948 e. The largest absolute Gasteiger partial charge is 0.387 e. The Bertz CT molecular complexity index is 443. The summed E-state index contributed by atoms with van der Waals surface area (Å²) in [6.07, 6.45) is 5.84. The first-order valence-corrected chi connectivity index (χ1v) is 7.96. The van der Waals surface area contributed by atoms with E-state index in [0.29, 0.717) is 5.92 Å². The fourth-order valence-electron chi connectivity index (χ4n) is 3.33. The van der Waals surface area contributed by atoms with Crippen LogP contribution in [0.3, 0.4) is 0 Å². The first-order valence-electron chi connectivity index (χ1n) is 7.96. The Kier molecular flexibility index (Phi) is 5.41. The Labute approximate surface area is 128 Å². The Hall–Kier alpha value is -0.910. The number of β-amino-alcohol motifs (C(OH)–C–C–N with tert-alkyl or cyclic N) is 1. The molecule has 0 aromatic carbocycles. The number of aliphatic hydroxyl groups is 1. The third kappa shape index (κ3) is 4.80. The third-order valence-corrected chi connectivity index (χ3v) is 3.99. The number of hydrogen-bond acceptors (Lipinski definition) is 4. The lowest BCUT2D eigenvalue weighted by Gasteiger charge is -2.40. The lowest BCUT2D eigenvalue weighted by Crippen LogP contribution is -2.53. The van der Waals surface area contributed by atoms with Gasteiger partial charge in [0.2, 0.25) is 0 Å². The second-order valence-electron chi connectivity index (χ2n) is 7.21. The Morgan fingerprint density at radius 1 is 1.43 bits per heavy atom. The van der Waals surface area contributed by atoms with Crippen molar-refractivity contribution in [2.75, 3.05) is 33.7 Å². The van der Waals surface area contributed by atoms with Gasteiger partial charge in [0.25, 0.3) is 0 Å². The summed E-state index contributed by atoms with van der Waals surface area (Å²) in [7, 11) is 4.04. The van der Waals surface area contributed by atoms with E-state index in [1.165, 1.54) is 5.69 Å². The number of aromatic nitrogens is 2. The van der Waals surface area contributed by atoms with Gasteiger partial charge < -0.3 is 14.6 Å². The molecule has 2 rings (SSSR count). The van der Waals surface area contributed by atoms with Gasteiger partial charge in [0.15, 0.2) is 0 Å². The zero-order valence-electron chi connectivity index (χ0n) is 13.9. The number of imidazole rings is 1. The maximum absolute atomic E-state index is 10.7. The molecule has 5 nitrogen and oxygen atoms in total. The minimum absolute atomic E-state index is 0.579. The number of nitrogens with zero attached hydrogens (tertiary/aromatic N) is 4. The van der Waals surface area contributed by atoms with Crippen LogP contribution in [0.15, 0.2) is 12.5 Å². The molecule has 0 radical (unpaired) electrons. The summed E-state index contributed by atoms with van der Waals surface area (Å²) in [5.41, 5.74) is 0.669. The van der Waals surface area contributed by atoms with Crippen molar-refractivity contribution in [3.63, 3.8) is 0 Å². The second-order valence-corrected chi connectivity index (χ2v) is 7.21. The van der Waals surface area contributed by atoms with Gasteiger partial charge in [-0.3, -0.25) is 4.90 Å². The molecule has 0 amide bonds. The van der Waals surface area contributed by atoms with Crippen molar-refractivity contribution in [1.29, 1.82) is 0 Å². The molecule has 1 saturated heterocycles. The van der Waals surface area contributed by atoms with Crippen molar-refractivity contribution in [3.05, 3.63) is 18.2 Å². The van der Waals surface area contributed by atoms with Crippen molar-refractivity contribution < 1.29 is 5.11 Å². The molecule has 1 fully saturated rings. The number of likely N-dealkylation sites (tertiary alicyclic amines) is 1. The Balaban J connectivity index is 1.98. The topological polar surface area (TPSA) is 44.5 Å². The molecule has 1 aliphatic rings. The molecule has 1 aromatic rings. The fraction of sp³-hybridized carbons (Fsp3) is 0.812.